The van der Waals surface area contributed by atoms with Gasteiger partial charge in [0.15, 0.2) is 11.4 Å². The second-order valence-corrected chi connectivity index (χ2v) is 34.6. The molecule has 6 aliphatic rings. The molecule has 10 aromatic rings. The molecule has 0 radical (unpaired) electrons. The number of thioether (sulfide) groups is 1. The lowest BCUT2D eigenvalue weighted by Gasteiger charge is -2.26. The van der Waals surface area contributed by atoms with E-state index in [2.05, 4.69) is 390 Å². The van der Waals surface area contributed by atoms with Gasteiger partial charge in [0, 0.05) is 134 Å². The molecule has 0 bridgehead atoms. The van der Waals surface area contributed by atoms with E-state index in [9.17, 15) is 0 Å². The van der Waals surface area contributed by atoms with E-state index in [-0.39, 0.29) is 46.5 Å². The average molecular weight is 1680 g/mol. The third-order valence-corrected chi connectivity index (χ3v) is 25.9. The summed E-state index contributed by atoms with van der Waals surface area (Å²) in [5.41, 5.74) is 25.8. The Balaban J connectivity index is 0.00000456. The molecule has 10 aromatic carbocycles. The van der Waals surface area contributed by atoms with E-state index in [4.69, 9.17) is 0 Å². The number of fused-ring (bicyclic) bond motifs is 14. The van der Waals surface area contributed by atoms with E-state index < -0.39 is 0 Å². The summed E-state index contributed by atoms with van der Waals surface area (Å²) in [7, 11) is 0. The van der Waals surface area contributed by atoms with Gasteiger partial charge in [0.1, 0.15) is 13.1 Å². The number of anilines is 2. The van der Waals surface area contributed by atoms with Gasteiger partial charge in [-0.3, -0.25) is 0 Å². The Hall–Kier alpha value is -7.25. The lowest BCUT2D eigenvalue weighted by atomic mass is 9.79. The van der Waals surface area contributed by atoms with Crippen molar-refractivity contribution in [3.05, 3.63) is 303 Å². The van der Waals surface area contributed by atoms with Crippen molar-refractivity contribution in [1.82, 2.24) is 5.32 Å². The van der Waals surface area contributed by atoms with Gasteiger partial charge >= 0.3 is 0 Å². The molecule has 5 nitrogen and oxygen atoms in total. The lowest BCUT2D eigenvalue weighted by Crippen LogP contribution is -3.00. The maximum Gasteiger partial charge on any atom is 0.210 e. The van der Waals surface area contributed by atoms with Crippen LogP contribution < -0.4 is 39.9 Å². The zero-order chi connectivity index (χ0) is 71.1. The molecule has 0 unspecified atom stereocenters. The highest BCUT2D eigenvalue weighted by atomic mass is 79.9. The molecule has 2 aliphatic carbocycles. The first-order valence-corrected chi connectivity index (χ1v) is 40.3. The number of hydrogen-bond acceptors (Lipinski definition) is 4. The first kappa shape index (κ1) is 73.6. The zero-order valence-electron chi connectivity index (χ0n) is 61.0. The largest absolute Gasteiger partial charge is 1.00 e. The van der Waals surface area contributed by atoms with Crippen LogP contribution >= 0.6 is 75.5 Å². The topological polar surface area (TPSA) is 24.5 Å². The monoisotopic (exact) mass is 1680 g/mol. The summed E-state index contributed by atoms with van der Waals surface area (Å²) >= 11 is 17.1. The average Bonchev–Trinajstić information content (AvgIpc) is 1.58. The molecule has 0 fully saturated rings. The minimum atomic E-state index is -0.275. The molecule has 526 valence electrons. The van der Waals surface area contributed by atoms with Gasteiger partial charge < -0.3 is 39.9 Å². The van der Waals surface area contributed by atoms with Crippen LogP contribution in [0.5, 0.6) is 0 Å². The maximum absolute atomic E-state index is 4.27. The van der Waals surface area contributed by atoms with Crippen LogP contribution in [0.2, 0.25) is 0 Å². The number of rotatable bonds is 15. The summed E-state index contributed by atoms with van der Waals surface area (Å²) in [4.78, 5) is 6.38. The lowest BCUT2D eigenvalue weighted by molar-refractivity contribution is -0.433. The van der Waals surface area contributed by atoms with Crippen molar-refractivity contribution < 1.29 is 34.0 Å². The molecule has 4 heterocycles. The van der Waals surface area contributed by atoms with E-state index in [1.54, 1.807) is 0 Å². The molecule has 0 atom stereocenters. The van der Waals surface area contributed by atoms with Crippen LogP contribution in [0.15, 0.2) is 258 Å². The number of allylic oxidation sites excluding steroid dienone is 14. The van der Waals surface area contributed by atoms with E-state index in [1.807, 2.05) is 11.8 Å². The number of hydrogen-bond donors (Lipinski definition) is 1. The summed E-state index contributed by atoms with van der Waals surface area (Å²) in [5, 5.41) is 14.5. The quantitative estimate of drug-likeness (QED) is 0.0817. The van der Waals surface area contributed by atoms with Crippen LogP contribution in [-0.4, -0.2) is 59.1 Å². The van der Waals surface area contributed by atoms with Gasteiger partial charge in [-0.05, 0) is 240 Å². The summed E-state index contributed by atoms with van der Waals surface area (Å²) in [6, 6.07) is 63.7. The molecule has 1 N–H and O–H groups in total. The standard InChI is InChI=1S/C92H84Br4N5S.2ClH/c1-13-98-75-41-25-55-51-59(93)29-33-63(55)83(75)89(5,6)79(98)45-37-71-67-21-17-18-22-68(67)72(38-46-80-90(7,8)84-64-34-30-60(94)52-56(64)26-42-76(84)99(80)14-2)87(71)97-49-50-102-88-73(39-47-81-91(9,10)85-65-35-31-61(95)53-57(65)27-43-77(85)100(81)15-3)69-23-19-20-24-70(69)74(88)40-48-82-92(11,12)86-66-36-32-62(96)54-58(66)28-44-78(86)101(82)16-4;;/h17-48,51-54H,13-16,49-50H2,1-12H3;2*1H/q+1;;/p-1/b71-37+,79-45+;;. The Morgan fingerprint density at radius 3 is 1.20 bits per heavy atom. The van der Waals surface area contributed by atoms with Crippen molar-refractivity contribution >= 4 is 175 Å². The number of benzene rings is 10. The molecule has 0 aromatic heterocycles. The Morgan fingerprint density at radius 1 is 0.404 bits per heavy atom. The van der Waals surface area contributed by atoms with Crippen LogP contribution in [0.3, 0.4) is 0 Å². The molecule has 0 spiro atoms. The third kappa shape index (κ3) is 11.8. The predicted octanol–water partition coefficient (Wildman–Crippen LogP) is 19.3. The normalized spacial score (nSPS) is 18.8. The first-order chi connectivity index (χ1) is 49.1. The summed E-state index contributed by atoms with van der Waals surface area (Å²) < 4.78 is 9.47. The van der Waals surface area contributed by atoms with Crippen molar-refractivity contribution in [3.8, 4) is 0 Å². The van der Waals surface area contributed by atoms with Gasteiger partial charge in [-0.1, -0.05) is 188 Å². The van der Waals surface area contributed by atoms with E-state index in [1.165, 1.54) is 160 Å². The predicted molar refractivity (Wildman–Crippen MR) is 453 cm³/mol. The van der Waals surface area contributed by atoms with Crippen LogP contribution in [0.4, 0.5) is 22.7 Å². The number of nitrogens with zero attached hydrogens (tertiary/aromatic N) is 4. The van der Waals surface area contributed by atoms with Gasteiger partial charge in [0.2, 0.25) is 11.4 Å². The van der Waals surface area contributed by atoms with Crippen LogP contribution in [0.25, 0.3) is 65.4 Å². The van der Waals surface area contributed by atoms with Crippen molar-refractivity contribution in [2.24, 2.45) is 0 Å². The molecular formula is C92H85Br4Cl2N5S. The van der Waals surface area contributed by atoms with E-state index in [0.717, 1.165) is 55.5 Å². The SMILES string of the molecule is CCN1/C(=C/C=C2/C(NCCS/C3=C(\C=C\C4=[N+](CC)c5ccc6cc(Br)ccc6c5C4(C)C)c4ccccc4\C3=C/C=C3/N(CC)c4ccc5cc(Br)ccc5c4C3(C)C)=C(\C=C\C3=[N+](CC)c4ccc5cc(Br)ccc5c4C3(C)C)c3ccccc32)C(C)(C)c2c1ccc1cc(Br)ccc21.[Cl-].[Cl-]. The highest BCUT2D eigenvalue weighted by Crippen LogP contribution is 2.56. The fraction of sp³-hybridized carbons (Fsp3) is 0.239. The Kier molecular flexibility index (Phi) is 19.9. The zero-order valence-corrected chi connectivity index (χ0v) is 69.7. The second kappa shape index (κ2) is 28.1. The van der Waals surface area contributed by atoms with Gasteiger partial charge in [-0.15, -0.1) is 11.8 Å². The van der Waals surface area contributed by atoms with Gasteiger partial charge in [-0.2, -0.15) is 9.15 Å². The molecule has 12 heteroatoms. The summed E-state index contributed by atoms with van der Waals surface area (Å²) in [6.07, 6.45) is 19.6. The van der Waals surface area contributed by atoms with Crippen molar-refractivity contribution in [2.75, 3.05) is 48.3 Å². The highest BCUT2D eigenvalue weighted by molar-refractivity contribution is 9.11. The van der Waals surface area contributed by atoms with E-state index >= 15 is 0 Å². The number of halogens is 6. The maximum atomic E-state index is 4.27. The fourth-order valence-electron chi connectivity index (χ4n) is 18.3. The fourth-order valence-corrected chi connectivity index (χ4v) is 20.9. The van der Waals surface area contributed by atoms with Gasteiger partial charge in [0.25, 0.3) is 0 Å². The molecule has 16 rings (SSSR count). The minimum Gasteiger partial charge on any atom is -1.00 e. The van der Waals surface area contributed by atoms with Crippen molar-refractivity contribution in [1.29, 1.82) is 0 Å². The van der Waals surface area contributed by atoms with Crippen LogP contribution in [0.1, 0.15) is 128 Å². The molecule has 0 saturated carbocycles. The Bertz CT molecular complexity index is 5310. The molecule has 104 heavy (non-hydrogen) atoms. The minimum absolute atomic E-state index is 0. The van der Waals surface area contributed by atoms with Crippen LogP contribution in [0, 0.1) is 0 Å². The van der Waals surface area contributed by atoms with Crippen molar-refractivity contribution in [3.63, 3.8) is 0 Å². The van der Waals surface area contributed by atoms with Crippen molar-refractivity contribution in [2.45, 2.75) is 105 Å². The van der Waals surface area contributed by atoms with Crippen LogP contribution in [-0.2, 0) is 21.7 Å². The third-order valence-electron chi connectivity index (χ3n) is 22.8. The summed E-state index contributed by atoms with van der Waals surface area (Å²) in [5.74, 6) is 0.803. The first-order valence-electron chi connectivity index (χ1n) is 36.1. The molecule has 4 aliphatic heterocycles. The second-order valence-electron chi connectivity index (χ2n) is 29.9. The molecule has 0 saturated heterocycles. The smallest absolute Gasteiger partial charge is 0.210 e. The highest BCUT2D eigenvalue weighted by Gasteiger charge is 2.48. The molecule has 0 amide bonds. The summed E-state index contributed by atoms with van der Waals surface area (Å²) in [6.45, 7) is 32.6. The van der Waals surface area contributed by atoms with Gasteiger partial charge in [-0.25, -0.2) is 0 Å². The molecular weight excluding hydrogens is 1600 g/mol. The Labute approximate surface area is 664 Å². The Morgan fingerprint density at radius 2 is 0.779 bits per heavy atom. The number of likely N-dealkylation sites (N-methyl/N-ethyl adjacent to an activating group) is 2. The van der Waals surface area contributed by atoms with Gasteiger partial charge in [0.05, 0.1) is 10.8 Å². The van der Waals surface area contributed by atoms with E-state index in [0.29, 0.717) is 6.54 Å². The number of nitrogens with one attached hydrogen (secondary N) is 1.